The van der Waals surface area contributed by atoms with Crippen molar-refractivity contribution >= 4 is 23.3 Å². The third-order valence-electron chi connectivity index (χ3n) is 4.66. The Morgan fingerprint density at radius 3 is 2.41 bits per heavy atom. The van der Waals surface area contributed by atoms with Crippen LogP contribution >= 0.6 is 0 Å². The summed E-state index contributed by atoms with van der Waals surface area (Å²) < 4.78 is 49.9. The standard InChI is InChI=1S/C20H20F3N5O4/c1-10-15(11(2)28-19(24-10)26-18(27-28)20(21,22)23)9-16(29)32-12(3)17(30)25-13-5-7-14(31-4)8-6-13/h5-8,12H,9H2,1-4H3,(H,25,30)/t12-/m0/s1. The van der Waals surface area contributed by atoms with Gasteiger partial charge in [0.05, 0.1) is 13.5 Å². The number of ether oxygens (including phenoxy) is 2. The highest BCUT2D eigenvalue weighted by Gasteiger charge is 2.37. The topological polar surface area (TPSA) is 108 Å². The molecule has 1 aromatic carbocycles. The third-order valence-corrected chi connectivity index (χ3v) is 4.66. The summed E-state index contributed by atoms with van der Waals surface area (Å²) in [6.07, 6.45) is -6.13. The Bertz CT molecular complexity index is 1160. The van der Waals surface area contributed by atoms with Crippen LogP contribution in [0.1, 0.15) is 29.7 Å². The molecule has 0 aliphatic heterocycles. The number of halogens is 3. The van der Waals surface area contributed by atoms with E-state index in [9.17, 15) is 22.8 Å². The van der Waals surface area contributed by atoms with Crippen molar-refractivity contribution in [3.63, 3.8) is 0 Å². The molecule has 0 aliphatic rings. The molecule has 9 nitrogen and oxygen atoms in total. The van der Waals surface area contributed by atoms with Crippen molar-refractivity contribution in [3.05, 3.63) is 47.0 Å². The predicted molar refractivity (Wildman–Crippen MR) is 106 cm³/mol. The van der Waals surface area contributed by atoms with Crippen LogP contribution in [0.3, 0.4) is 0 Å². The molecule has 3 rings (SSSR count). The van der Waals surface area contributed by atoms with Gasteiger partial charge in [0.2, 0.25) is 0 Å². The Labute approximate surface area is 180 Å². The molecular weight excluding hydrogens is 431 g/mol. The van der Waals surface area contributed by atoms with Crippen molar-refractivity contribution in [2.45, 2.75) is 39.5 Å². The van der Waals surface area contributed by atoms with Crippen LogP contribution in [0.25, 0.3) is 5.78 Å². The maximum atomic E-state index is 12.9. The Hall–Kier alpha value is -3.70. The van der Waals surface area contributed by atoms with Crippen LogP contribution in [0.15, 0.2) is 24.3 Å². The number of methoxy groups -OCH3 is 1. The number of benzene rings is 1. The number of carbonyl (C=O) groups excluding carboxylic acids is 2. The van der Waals surface area contributed by atoms with Gasteiger partial charge in [-0.15, -0.1) is 5.10 Å². The van der Waals surface area contributed by atoms with Crippen molar-refractivity contribution in [2.24, 2.45) is 0 Å². The lowest BCUT2D eigenvalue weighted by Crippen LogP contribution is -2.30. The molecular formula is C20H20F3N5O4. The molecule has 0 spiro atoms. The summed E-state index contributed by atoms with van der Waals surface area (Å²) in [5, 5.41) is 6.05. The van der Waals surface area contributed by atoms with Gasteiger partial charge in [0, 0.05) is 22.6 Å². The minimum Gasteiger partial charge on any atom is -0.497 e. The Morgan fingerprint density at radius 2 is 1.81 bits per heavy atom. The van der Waals surface area contributed by atoms with Gasteiger partial charge in [-0.2, -0.15) is 18.2 Å². The zero-order chi connectivity index (χ0) is 23.6. The molecule has 1 atom stereocenters. The predicted octanol–water partition coefficient (Wildman–Crippen LogP) is 2.88. The number of rotatable bonds is 6. The van der Waals surface area contributed by atoms with Crippen molar-refractivity contribution in [3.8, 4) is 5.75 Å². The van der Waals surface area contributed by atoms with Gasteiger partial charge in [-0.1, -0.05) is 0 Å². The van der Waals surface area contributed by atoms with Crippen molar-refractivity contribution in [2.75, 3.05) is 12.4 Å². The second-order valence-corrected chi connectivity index (χ2v) is 6.93. The SMILES string of the molecule is COc1ccc(NC(=O)[C@H](C)OC(=O)Cc2c(C)nc3nc(C(F)(F)F)nn3c2C)cc1. The molecule has 0 aliphatic carbocycles. The van der Waals surface area contributed by atoms with E-state index in [0.29, 0.717) is 22.7 Å². The van der Waals surface area contributed by atoms with E-state index < -0.39 is 30.0 Å². The van der Waals surface area contributed by atoms with E-state index in [1.54, 1.807) is 24.3 Å². The normalized spacial score (nSPS) is 12.5. The van der Waals surface area contributed by atoms with Gasteiger partial charge in [-0.25, -0.2) is 9.50 Å². The van der Waals surface area contributed by atoms with Crippen molar-refractivity contribution < 1.29 is 32.2 Å². The summed E-state index contributed by atoms with van der Waals surface area (Å²) in [6, 6.07) is 6.59. The van der Waals surface area contributed by atoms with Crippen LogP contribution in [-0.4, -0.2) is 44.7 Å². The van der Waals surface area contributed by atoms with Gasteiger partial charge < -0.3 is 14.8 Å². The summed E-state index contributed by atoms with van der Waals surface area (Å²) in [7, 11) is 1.52. The Kier molecular flexibility index (Phi) is 6.32. The van der Waals surface area contributed by atoms with Gasteiger partial charge in [0.1, 0.15) is 5.75 Å². The first kappa shape index (κ1) is 23.0. The summed E-state index contributed by atoms with van der Waals surface area (Å²) >= 11 is 0. The number of nitrogens with one attached hydrogen (secondary N) is 1. The molecule has 3 aromatic rings. The molecule has 0 radical (unpaired) electrons. The summed E-state index contributed by atoms with van der Waals surface area (Å²) in [5.41, 5.74) is 1.40. The van der Waals surface area contributed by atoms with Crippen LogP contribution < -0.4 is 10.1 Å². The highest BCUT2D eigenvalue weighted by molar-refractivity contribution is 5.95. The zero-order valence-corrected chi connectivity index (χ0v) is 17.6. The number of esters is 1. The molecule has 0 unspecified atom stereocenters. The van der Waals surface area contributed by atoms with Crippen LogP contribution in [0.2, 0.25) is 0 Å². The fourth-order valence-electron chi connectivity index (χ4n) is 2.94. The molecule has 0 saturated heterocycles. The van der Waals surface area contributed by atoms with Gasteiger partial charge >= 0.3 is 12.1 Å². The number of alkyl halides is 3. The summed E-state index contributed by atoms with van der Waals surface area (Å²) in [6.45, 7) is 4.45. The van der Waals surface area contributed by atoms with Crippen LogP contribution in [-0.2, 0) is 26.9 Å². The van der Waals surface area contributed by atoms with E-state index in [1.165, 1.54) is 27.9 Å². The first-order valence-corrected chi connectivity index (χ1v) is 9.44. The molecule has 0 fully saturated rings. The monoisotopic (exact) mass is 451 g/mol. The molecule has 0 saturated carbocycles. The lowest BCUT2D eigenvalue weighted by atomic mass is 10.1. The van der Waals surface area contributed by atoms with E-state index in [1.807, 2.05) is 0 Å². The minimum atomic E-state index is -4.72. The van der Waals surface area contributed by atoms with E-state index in [4.69, 9.17) is 9.47 Å². The number of hydrogen-bond donors (Lipinski definition) is 1. The van der Waals surface area contributed by atoms with Crippen LogP contribution in [0.4, 0.5) is 18.9 Å². The number of aromatic nitrogens is 4. The lowest BCUT2D eigenvalue weighted by Gasteiger charge is -2.15. The number of aryl methyl sites for hydroxylation is 2. The van der Waals surface area contributed by atoms with Gasteiger partial charge in [-0.05, 0) is 45.0 Å². The van der Waals surface area contributed by atoms with E-state index in [-0.39, 0.29) is 17.9 Å². The molecule has 12 heteroatoms. The quantitative estimate of drug-likeness (QED) is 0.574. The Morgan fingerprint density at radius 1 is 1.16 bits per heavy atom. The maximum absolute atomic E-state index is 12.9. The first-order chi connectivity index (χ1) is 15.0. The lowest BCUT2D eigenvalue weighted by molar-refractivity contribution is -0.152. The number of nitrogens with zero attached hydrogens (tertiary/aromatic N) is 4. The fraction of sp³-hybridized carbons (Fsp3) is 0.350. The second kappa shape index (κ2) is 8.81. The Balaban J connectivity index is 1.70. The third kappa shape index (κ3) is 4.95. The number of carbonyl (C=O) groups is 2. The first-order valence-electron chi connectivity index (χ1n) is 9.44. The van der Waals surface area contributed by atoms with E-state index in [0.717, 1.165) is 4.52 Å². The second-order valence-electron chi connectivity index (χ2n) is 6.93. The van der Waals surface area contributed by atoms with E-state index in [2.05, 4.69) is 20.4 Å². The van der Waals surface area contributed by atoms with Gasteiger partial charge in [0.15, 0.2) is 6.10 Å². The van der Waals surface area contributed by atoms with Gasteiger partial charge in [-0.3, -0.25) is 9.59 Å². The fourth-order valence-corrected chi connectivity index (χ4v) is 2.94. The van der Waals surface area contributed by atoms with Crippen molar-refractivity contribution in [1.29, 1.82) is 0 Å². The number of hydrogen-bond acceptors (Lipinski definition) is 7. The molecule has 0 bridgehead atoms. The minimum absolute atomic E-state index is 0.225. The molecule has 32 heavy (non-hydrogen) atoms. The van der Waals surface area contributed by atoms with Gasteiger partial charge in [0.25, 0.3) is 17.5 Å². The number of fused-ring (bicyclic) bond motifs is 1. The highest BCUT2D eigenvalue weighted by Crippen LogP contribution is 2.27. The average molecular weight is 451 g/mol. The number of amides is 1. The van der Waals surface area contributed by atoms with Crippen LogP contribution in [0, 0.1) is 13.8 Å². The molecule has 170 valence electrons. The van der Waals surface area contributed by atoms with Crippen molar-refractivity contribution in [1.82, 2.24) is 19.6 Å². The van der Waals surface area contributed by atoms with E-state index >= 15 is 0 Å². The molecule has 1 amide bonds. The largest absolute Gasteiger partial charge is 0.497 e. The number of anilines is 1. The summed E-state index contributed by atoms with van der Waals surface area (Å²) in [4.78, 5) is 32.1. The molecule has 2 heterocycles. The average Bonchev–Trinajstić information content (AvgIpc) is 3.16. The molecule has 1 N–H and O–H groups in total. The van der Waals surface area contributed by atoms with Crippen LogP contribution in [0.5, 0.6) is 5.75 Å². The highest BCUT2D eigenvalue weighted by atomic mass is 19.4. The smallest absolute Gasteiger partial charge is 0.453 e. The maximum Gasteiger partial charge on any atom is 0.453 e. The summed E-state index contributed by atoms with van der Waals surface area (Å²) in [5.74, 6) is -2.22. The molecule has 2 aromatic heterocycles. The zero-order valence-electron chi connectivity index (χ0n) is 17.6.